The van der Waals surface area contributed by atoms with Gasteiger partial charge >= 0.3 is 5.91 Å². The molecule has 0 aliphatic heterocycles. The number of methoxy groups -OCH3 is 1. The summed E-state index contributed by atoms with van der Waals surface area (Å²) in [6.07, 6.45) is 3.07. The van der Waals surface area contributed by atoms with E-state index in [1.807, 2.05) is 0 Å². The van der Waals surface area contributed by atoms with Crippen molar-refractivity contribution in [2.24, 2.45) is 0 Å². The van der Waals surface area contributed by atoms with Crippen molar-refractivity contribution in [3.05, 3.63) is 30.5 Å². The number of amides is 1. The third-order valence-electron chi connectivity index (χ3n) is 2.30. The lowest BCUT2D eigenvalue weighted by molar-refractivity contribution is -0.561. The summed E-state index contributed by atoms with van der Waals surface area (Å²) in [4.78, 5) is 15.2. The van der Waals surface area contributed by atoms with Crippen LogP contribution in [0.2, 0.25) is 0 Å². The van der Waals surface area contributed by atoms with Gasteiger partial charge in [-0.25, -0.2) is 18.6 Å². The number of carbonyl (C=O) groups excluding carboxylic acids is 1. The van der Waals surface area contributed by atoms with Gasteiger partial charge in [0.25, 0.3) is 5.92 Å². The normalized spacial score (nSPS) is 11.6. The van der Waals surface area contributed by atoms with Crippen LogP contribution in [0.4, 0.5) is 14.5 Å². The highest BCUT2D eigenvalue weighted by Crippen LogP contribution is 2.12. The maximum absolute atomic E-state index is 12.5. The summed E-state index contributed by atoms with van der Waals surface area (Å²) in [5.41, 5.74) is 0.813. The summed E-state index contributed by atoms with van der Waals surface area (Å²) in [5, 5.41) is 4.43. The van der Waals surface area contributed by atoms with Gasteiger partial charge in [0, 0.05) is 31.0 Å². The van der Waals surface area contributed by atoms with Crippen LogP contribution in [-0.4, -0.2) is 37.0 Å². The number of quaternary nitrogens is 1. The highest BCUT2D eigenvalue weighted by atomic mass is 19.3. The number of halogens is 2. The Morgan fingerprint density at radius 1 is 1.60 bits per heavy atom. The highest BCUT2D eigenvalue weighted by Gasteiger charge is 2.16. The van der Waals surface area contributed by atoms with Crippen molar-refractivity contribution in [1.29, 1.82) is 0 Å². The predicted octanol–water partition coefficient (Wildman–Crippen LogP) is 0.803. The summed E-state index contributed by atoms with van der Waals surface area (Å²) < 4.78 is 29.9. The van der Waals surface area contributed by atoms with Crippen molar-refractivity contribution < 1.29 is 23.6 Å². The fourth-order valence-electron chi connectivity index (χ4n) is 1.36. The summed E-state index contributed by atoms with van der Waals surface area (Å²) in [7, 11) is 1.52. The van der Waals surface area contributed by atoms with E-state index in [0.29, 0.717) is 25.0 Å². The van der Waals surface area contributed by atoms with Crippen LogP contribution in [0.25, 0.3) is 0 Å². The molecule has 5 nitrogen and oxygen atoms in total. The van der Waals surface area contributed by atoms with Crippen LogP contribution >= 0.6 is 0 Å². The molecule has 1 amide bonds. The molecule has 0 saturated carbocycles. The molecule has 0 aliphatic rings. The molecule has 0 spiro atoms. The van der Waals surface area contributed by atoms with Gasteiger partial charge in [-0.1, -0.05) is 0 Å². The zero-order chi connectivity index (χ0) is 15.0. The fourth-order valence-corrected chi connectivity index (χ4v) is 1.36. The number of pyridine rings is 1. The molecule has 0 bridgehead atoms. The smallest absolute Gasteiger partial charge is 0.335 e. The molecule has 0 radical (unpaired) electrons. The van der Waals surface area contributed by atoms with Crippen LogP contribution in [0.3, 0.4) is 0 Å². The number of ether oxygens (including phenoxy) is 1. The molecule has 0 aliphatic carbocycles. The van der Waals surface area contributed by atoms with Crippen molar-refractivity contribution in [3.63, 3.8) is 0 Å². The van der Waals surface area contributed by atoms with Crippen molar-refractivity contribution >= 4 is 11.6 Å². The number of nitrogens with one attached hydrogen (secondary N) is 1. The van der Waals surface area contributed by atoms with Crippen molar-refractivity contribution in [3.8, 4) is 5.88 Å². The predicted molar refractivity (Wildman–Crippen MR) is 70.8 cm³/mol. The molecule has 110 valence electrons. The number of allylic oxidation sites excluding steroid dienone is 1. The first-order chi connectivity index (χ1) is 9.40. The van der Waals surface area contributed by atoms with E-state index in [4.69, 9.17) is 4.74 Å². The standard InChI is InChI=1S/C13H17F2N3O2/c1-13(14,15)5-3-11(19)17-8-7-16-10-4-6-18-12(9-10)20-2/h3-6,9H,7-8H2,1-2H3,(H,16,18)(H,17,19)/p+1. The van der Waals surface area contributed by atoms with Crippen LogP contribution in [-0.2, 0) is 4.79 Å². The third-order valence-corrected chi connectivity index (χ3v) is 2.30. The van der Waals surface area contributed by atoms with Gasteiger partial charge in [-0.2, -0.15) is 0 Å². The number of aromatic nitrogens is 1. The first-order valence-electron chi connectivity index (χ1n) is 6.09. The topological polar surface area (TPSA) is 67.8 Å². The Morgan fingerprint density at radius 2 is 2.35 bits per heavy atom. The first-order valence-corrected chi connectivity index (χ1v) is 6.09. The van der Waals surface area contributed by atoms with Gasteiger partial charge in [-0.3, -0.25) is 5.32 Å². The van der Waals surface area contributed by atoms with E-state index in [9.17, 15) is 13.6 Å². The van der Waals surface area contributed by atoms with E-state index < -0.39 is 11.8 Å². The summed E-state index contributed by atoms with van der Waals surface area (Å²) in [6.45, 7) is 1.67. The molecule has 1 heterocycles. The van der Waals surface area contributed by atoms with Gasteiger partial charge in [0.1, 0.15) is 6.54 Å². The molecule has 0 fully saturated rings. The molecule has 0 saturated heterocycles. The highest BCUT2D eigenvalue weighted by molar-refractivity contribution is 5.78. The average molecular weight is 286 g/mol. The van der Waals surface area contributed by atoms with E-state index in [0.717, 1.165) is 18.7 Å². The van der Waals surface area contributed by atoms with Gasteiger partial charge in [0.05, 0.1) is 13.7 Å². The second-order valence-corrected chi connectivity index (χ2v) is 4.20. The summed E-state index contributed by atoms with van der Waals surface area (Å²) in [6, 6.07) is 3.49. The van der Waals surface area contributed by atoms with Crippen LogP contribution < -0.4 is 15.4 Å². The molecule has 0 unspecified atom stereocenters. The van der Waals surface area contributed by atoms with Gasteiger partial charge in [-0.15, -0.1) is 0 Å². The Morgan fingerprint density at radius 3 is 3.00 bits per heavy atom. The third kappa shape index (κ3) is 6.79. The second-order valence-electron chi connectivity index (χ2n) is 4.20. The number of hydrogen-bond acceptors (Lipinski definition) is 4. The van der Waals surface area contributed by atoms with Gasteiger partial charge < -0.3 is 10.1 Å². The van der Waals surface area contributed by atoms with Crippen LogP contribution in [0.1, 0.15) is 6.92 Å². The number of rotatable bonds is 7. The molecular formula is C13H18F2N3O2+. The van der Waals surface area contributed by atoms with Crippen molar-refractivity contribution in [2.45, 2.75) is 12.8 Å². The van der Waals surface area contributed by atoms with E-state index in [1.165, 1.54) is 12.4 Å². The zero-order valence-corrected chi connectivity index (χ0v) is 11.4. The Bertz CT molecular complexity index is 473. The largest absolute Gasteiger partial charge is 0.481 e. The summed E-state index contributed by atoms with van der Waals surface area (Å²) in [5.74, 6) is -2.90. The maximum atomic E-state index is 12.5. The fraction of sp³-hybridized carbons (Fsp3) is 0.385. The monoisotopic (exact) mass is 286 g/mol. The molecule has 7 heteroatoms. The number of alkyl halides is 2. The van der Waals surface area contributed by atoms with E-state index >= 15 is 0 Å². The molecule has 0 aromatic carbocycles. The Labute approximate surface area is 116 Å². The quantitative estimate of drug-likeness (QED) is 0.575. The lowest BCUT2D eigenvalue weighted by Gasteiger charge is -2.06. The van der Waals surface area contributed by atoms with Crippen molar-refractivity contribution in [1.82, 2.24) is 4.98 Å². The molecule has 1 rings (SSSR count). The molecule has 3 N–H and O–H groups in total. The first kappa shape index (κ1) is 16.0. The average Bonchev–Trinajstić information content (AvgIpc) is 2.41. The molecule has 0 atom stereocenters. The number of nitrogens with two attached hydrogens (primary N) is 1. The minimum absolute atomic E-state index is 0.430. The van der Waals surface area contributed by atoms with Gasteiger partial charge in [0.2, 0.25) is 5.88 Å². The Hall–Kier alpha value is -2.02. The number of primary amides is 1. The van der Waals surface area contributed by atoms with Crippen LogP contribution in [0, 0.1) is 0 Å². The summed E-state index contributed by atoms with van der Waals surface area (Å²) >= 11 is 0. The SMILES string of the molecule is COc1cc(NCC[NH2+]C(=O)C=CC(C)(F)F)ccn1. The van der Waals surface area contributed by atoms with Gasteiger partial charge in [0.15, 0.2) is 0 Å². The molecule has 1 aromatic rings. The maximum Gasteiger partial charge on any atom is 0.335 e. The Kier molecular flexibility index (Phi) is 6.05. The van der Waals surface area contributed by atoms with Crippen LogP contribution in [0.5, 0.6) is 5.88 Å². The zero-order valence-electron chi connectivity index (χ0n) is 11.4. The Balaban J connectivity index is 2.28. The molecular weight excluding hydrogens is 268 g/mol. The van der Waals surface area contributed by atoms with E-state index in [1.54, 1.807) is 18.3 Å². The number of nitrogens with zero attached hydrogens (tertiary/aromatic N) is 1. The minimum Gasteiger partial charge on any atom is -0.481 e. The molecule has 1 aromatic heterocycles. The lowest BCUT2D eigenvalue weighted by Crippen LogP contribution is -2.88. The second kappa shape index (κ2) is 7.54. The van der Waals surface area contributed by atoms with Gasteiger partial charge in [-0.05, 0) is 12.1 Å². The number of hydrogen-bond donors (Lipinski definition) is 2. The molecule has 20 heavy (non-hydrogen) atoms. The minimum atomic E-state index is -2.96. The van der Waals surface area contributed by atoms with E-state index in [2.05, 4.69) is 10.3 Å². The van der Waals surface area contributed by atoms with E-state index in [-0.39, 0.29) is 0 Å². The lowest BCUT2D eigenvalue weighted by atomic mass is 10.3. The number of carbonyl (C=O) groups is 1. The van der Waals surface area contributed by atoms with Crippen LogP contribution in [0.15, 0.2) is 30.5 Å². The number of anilines is 1. The van der Waals surface area contributed by atoms with Crippen molar-refractivity contribution in [2.75, 3.05) is 25.5 Å².